The van der Waals surface area contributed by atoms with Crippen LogP contribution in [0.15, 0.2) is 29.0 Å². The molecule has 1 aromatic heterocycles. The Kier molecular flexibility index (Phi) is 3.00. The van der Waals surface area contributed by atoms with Gasteiger partial charge < -0.3 is 4.74 Å². The molecule has 0 atom stereocenters. The molecule has 0 radical (unpaired) electrons. The molecule has 16 heavy (non-hydrogen) atoms. The summed E-state index contributed by atoms with van der Waals surface area (Å²) in [5.74, 6) is 0.0457. The Morgan fingerprint density at radius 3 is 2.81 bits per heavy atom. The van der Waals surface area contributed by atoms with E-state index >= 15 is 0 Å². The summed E-state index contributed by atoms with van der Waals surface area (Å²) in [6.07, 6.45) is 0. The Balaban J connectivity index is 2.52. The Bertz CT molecular complexity index is 524. The zero-order valence-corrected chi connectivity index (χ0v) is 9.98. The summed E-state index contributed by atoms with van der Waals surface area (Å²) < 4.78 is 5.20. The fourth-order valence-electron chi connectivity index (χ4n) is 1.33. The van der Waals surface area contributed by atoms with E-state index in [0.717, 1.165) is 0 Å². The highest BCUT2D eigenvalue weighted by atomic mass is 79.9. The third kappa shape index (κ3) is 1.96. The van der Waals surface area contributed by atoms with Crippen LogP contribution in [0.25, 0.3) is 11.4 Å². The molecule has 0 amide bonds. The minimum Gasteiger partial charge on any atom is -0.465 e. The first-order valence-electron chi connectivity index (χ1n) is 4.48. The lowest BCUT2D eigenvalue weighted by Gasteiger charge is -2.03. The third-order valence-corrected chi connectivity index (χ3v) is 2.39. The number of benzene rings is 1. The lowest BCUT2D eigenvalue weighted by Crippen LogP contribution is -2.03. The molecule has 1 aromatic carbocycles. The maximum absolute atomic E-state index is 11.5. The van der Waals surface area contributed by atoms with E-state index in [-0.39, 0.29) is 0 Å². The first-order valence-corrected chi connectivity index (χ1v) is 5.27. The van der Waals surface area contributed by atoms with Gasteiger partial charge in [-0.2, -0.15) is 5.10 Å². The monoisotopic (exact) mass is 281 g/mol. The standard InChI is InChI=1S/C10H8BrN3O2/c1-16-9(15)7-5-3-2-4-6(7)8-12-10(11)14-13-8/h2-5H,1H3,(H,12,13,14). The van der Waals surface area contributed by atoms with Crippen LogP contribution < -0.4 is 0 Å². The number of methoxy groups -OCH3 is 1. The zero-order valence-electron chi connectivity index (χ0n) is 8.40. The summed E-state index contributed by atoms with van der Waals surface area (Å²) in [6, 6.07) is 7.01. The van der Waals surface area contributed by atoms with Crippen molar-refractivity contribution in [2.45, 2.75) is 0 Å². The second kappa shape index (κ2) is 4.44. The van der Waals surface area contributed by atoms with Gasteiger partial charge in [0, 0.05) is 5.56 Å². The minimum atomic E-state index is -0.406. The molecule has 0 unspecified atom stereocenters. The van der Waals surface area contributed by atoms with Gasteiger partial charge in [0.15, 0.2) is 10.6 Å². The van der Waals surface area contributed by atoms with Crippen LogP contribution in [0.2, 0.25) is 0 Å². The normalized spacial score (nSPS) is 10.1. The molecule has 0 aliphatic heterocycles. The Hall–Kier alpha value is -1.69. The predicted octanol–water partition coefficient (Wildman–Crippen LogP) is 2.02. The van der Waals surface area contributed by atoms with E-state index in [1.54, 1.807) is 18.2 Å². The van der Waals surface area contributed by atoms with Gasteiger partial charge in [-0.25, -0.2) is 9.78 Å². The quantitative estimate of drug-likeness (QED) is 0.856. The number of nitrogens with zero attached hydrogens (tertiary/aromatic N) is 2. The highest BCUT2D eigenvalue weighted by Gasteiger charge is 2.15. The molecule has 82 valence electrons. The Morgan fingerprint density at radius 2 is 2.19 bits per heavy atom. The molecule has 0 fully saturated rings. The Morgan fingerprint density at radius 1 is 1.44 bits per heavy atom. The van der Waals surface area contributed by atoms with E-state index in [9.17, 15) is 4.79 Å². The van der Waals surface area contributed by atoms with E-state index in [4.69, 9.17) is 0 Å². The summed E-state index contributed by atoms with van der Waals surface area (Å²) in [5.41, 5.74) is 1.08. The topological polar surface area (TPSA) is 67.9 Å². The van der Waals surface area contributed by atoms with Crippen molar-refractivity contribution >= 4 is 21.9 Å². The number of esters is 1. The second-order valence-corrected chi connectivity index (χ2v) is 3.74. The number of hydrogen-bond donors (Lipinski definition) is 1. The lowest BCUT2D eigenvalue weighted by atomic mass is 10.1. The minimum absolute atomic E-state index is 0.406. The highest BCUT2D eigenvalue weighted by molar-refractivity contribution is 9.10. The maximum Gasteiger partial charge on any atom is 0.338 e. The summed E-state index contributed by atoms with van der Waals surface area (Å²) >= 11 is 3.16. The van der Waals surface area contributed by atoms with E-state index in [2.05, 4.69) is 35.8 Å². The van der Waals surface area contributed by atoms with Crippen molar-refractivity contribution in [2.24, 2.45) is 0 Å². The van der Waals surface area contributed by atoms with Gasteiger partial charge in [0.25, 0.3) is 0 Å². The SMILES string of the molecule is COC(=O)c1ccccc1-c1n[nH]c(Br)n1. The van der Waals surface area contributed by atoms with Crippen molar-refractivity contribution < 1.29 is 9.53 Å². The molecular weight excluding hydrogens is 274 g/mol. The summed E-state index contributed by atoms with van der Waals surface area (Å²) in [7, 11) is 1.34. The van der Waals surface area contributed by atoms with Gasteiger partial charge in [-0.1, -0.05) is 18.2 Å². The maximum atomic E-state index is 11.5. The largest absolute Gasteiger partial charge is 0.465 e. The van der Waals surface area contributed by atoms with Crippen molar-refractivity contribution in [2.75, 3.05) is 7.11 Å². The number of hydrogen-bond acceptors (Lipinski definition) is 4. The number of rotatable bonds is 2. The van der Waals surface area contributed by atoms with Crippen molar-refractivity contribution in [1.29, 1.82) is 0 Å². The number of H-pyrrole nitrogens is 1. The zero-order chi connectivity index (χ0) is 11.5. The fourth-order valence-corrected chi connectivity index (χ4v) is 1.59. The Labute approximate surface area is 100.0 Å². The number of carbonyl (C=O) groups is 1. The first-order chi connectivity index (χ1) is 7.72. The molecule has 0 aliphatic rings. The van der Waals surface area contributed by atoms with Crippen LogP contribution >= 0.6 is 15.9 Å². The molecule has 0 saturated carbocycles. The molecule has 1 N–H and O–H groups in total. The number of nitrogens with one attached hydrogen (secondary N) is 1. The molecule has 0 spiro atoms. The number of ether oxygens (including phenoxy) is 1. The van der Waals surface area contributed by atoms with E-state index in [1.165, 1.54) is 7.11 Å². The van der Waals surface area contributed by atoms with Gasteiger partial charge >= 0.3 is 5.97 Å². The lowest BCUT2D eigenvalue weighted by molar-refractivity contribution is 0.0601. The number of carbonyl (C=O) groups excluding carboxylic acids is 1. The summed E-state index contributed by atoms with van der Waals surface area (Å²) in [5, 5.41) is 6.63. The number of aromatic nitrogens is 3. The highest BCUT2D eigenvalue weighted by Crippen LogP contribution is 2.21. The number of aromatic amines is 1. The average Bonchev–Trinajstić information content (AvgIpc) is 2.75. The summed E-state index contributed by atoms with van der Waals surface area (Å²) in [6.45, 7) is 0. The van der Waals surface area contributed by atoms with Crippen molar-refractivity contribution in [1.82, 2.24) is 15.2 Å². The van der Waals surface area contributed by atoms with E-state index in [1.807, 2.05) is 6.07 Å². The van der Waals surface area contributed by atoms with Crippen LogP contribution in [0.3, 0.4) is 0 Å². The molecule has 5 nitrogen and oxygen atoms in total. The third-order valence-electron chi connectivity index (χ3n) is 2.03. The smallest absolute Gasteiger partial charge is 0.338 e. The molecule has 0 saturated heterocycles. The van der Waals surface area contributed by atoms with Gasteiger partial charge in [-0.3, -0.25) is 5.10 Å². The average molecular weight is 282 g/mol. The van der Waals surface area contributed by atoms with Gasteiger partial charge in [0.1, 0.15) is 0 Å². The number of halogens is 1. The van der Waals surface area contributed by atoms with Crippen LogP contribution in [-0.2, 0) is 4.74 Å². The molecule has 0 aliphatic carbocycles. The van der Waals surface area contributed by atoms with Crippen molar-refractivity contribution in [3.05, 3.63) is 34.6 Å². The fraction of sp³-hybridized carbons (Fsp3) is 0.100. The molecule has 0 bridgehead atoms. The first kappa shape index (κ1) is 10.8. The molecule has 6 heteroatoms. The van der Waals surface area contributed by atoms with Crippen LogP contribution in [0.1, 0.15) is 10.4 Å². The van der Waals surface area contributed by atoms with Gasteiger partial charge in [0.05, 0.1) is 12.7 Å². The van der Waals surface area contributed by atoms with Gasteiger partial charge in [0.2, 0.25) is 0 Å². The van der Waals surface area contributed by atoms with Crippen LogP contribution in [0, 0.1) is 0 Å². The molecule has 1 heterocycles. The van der Waals surface area contributed by atoms with E-state index < -0.39 is 5.97 Å². The second-order valence-electron chi connectivity index (χ2n) is 2.99. The molecule has 2 rings (SSSR count). The van der Waals surface area contributed by atoms with Gasteiger partial charge in [-0.05, 0) is 22.0 Å². The molecule has 2 aromatic rings. The van der Waals surface area contributed by atoms with Crippen molar-refractivity contribution in [3.8, 4) is 11.4 Å². The van der Waals surface area contributed by atoms with E-state index in [0.29, 0.717) is 21.7 Å². The van der Waals surface area contributed by atoms with Crippen molar-refractivity contribution in [3.63, 3.8) is 0 Å². The van der Waals surface area contributed by atoms with Crippen LogP contribution in [0.4, 0.5) is 0 Å². The van der Waals surface area contributed by atoms with Crippen LogP contribution in [-0.4, -0.2) is 28.3 Å². The van der Waals surface area contributed by atoms with Gasteiger partial charge in [-0.15, -0.1) is 0 Å². The molecular formula is C10H8BrN3O2. The van der Waals surface area contributed by atoms with Crippen LogP contribution in [0.5, 0.6) is 0 Å². The predicted molar refractivity (Wildman–Crippen MR) is 60.9 cm³/mol. The summed E-state index contributed by atoms with van der Waals surface area (Å²) in [4.78, 5) is 15.6.